The minimum Gasteiger partial charge on any atom is -0.507 e. The maximum Gasteiger partial charge on any atom is 0.259 e. The highest BCUT2D eigenvalue weighted by molar-refractivity contribution is 5.95. The standard InChI is InChI=1S/C20H14F2N2O2/c21-15-10-6-11-16(22)18(15)20(14-9-4-5-12-17(14)25)24-23-19(26-20)13-7-2-1-3-8-13/h1-12,24-25H. The molecule has 4 rings (SSSR count). The molecule has 26 heavy (non-hydrogen) atoms. The van der Waals surface area contributed by atoms with Crippen LogP contribution in [0.15, 0.2) is 77.9 Å². The fourth-order valence-corrected chi connectivity index (χ4v) is 2.99. The summed E-state index contributed by atoms with van der Waals surface area (Å²) in [6, 6.07) is 18.7. The SMILES string of the molecule is Oc1ccccc1C1(c2c(F)cccc2F)NN=C(c2ccccc2)O1. The van der Waals surface area contributed by atoms with Crippen molar-refractivity contribution in [3.8, 4) is 5.75 Å². The topological polar surface area (TPSA) is 53.8 Å². The molecule has 3 aromatic rings. The van der Waals surface area contributed by atoms with Crippen LogP contribution in [0.3, 0.4) is 0 Å². The van der Waals surface area contributed by atoms with Gasteiger partial charge in [0.1, 0.15) is 17.4 Å². The number of halogens is 2. The third-order valence-electron chi connectivity index (χ3n) is 4.18. The van der Waals surface area contributed by atoms with E-state index in [1.54, 1.807) is 36.4 Å². The number of phenols is 1. The molecule has 1 unspecified atom stereocenters. The van der Waals surface area contributed by atoms with Crippen LogP contribution >= 0.6 is 0 Å². The average molecular weight is 352 g/mol. The minimum absolute atomic E-state index is 0.152. The molecule has 0 amide bonds. The van der Waals surface area contributed by atoms with Gasteiger partial charge in [0, 0.05) is 5.56 Å². The van der Waals surface area contributed by atoms with Gasteiger partial charge in [-0.05, 0) is 36.4 Å². The molecule has 1 heterocycles. The quantitative estimate of drug-likeness (QED) is 0.753. The Morgan fingerprint density at radius 3 is 2.19 bits per heavy atom. The molecule has 0 saturated heterocycles. The van der Waals surface area contributed by atoms with Crippen LogP contribution in [0.2, 0.25) is 0 Å². The first kappa shape index (κ1) is 16.1. The van der Waals surface area contributed by atoms with Crippen molar-refractivity contribution in [2.75, 3.05) is 0 Å². The number of ether oxygens (including phenoxy) is 1. The van der Waals surface area contributed by atoms with Crippen molar-refractivity contribution in [1.29, 1.82) is 0 Å². The van der Waals surface area contributed by atoms with Crippen molar-refractivity contribution in [1.82, 2.24) is 5.43 Å². The fourth-order valence-electron chi connectivity index (χ4n) is 2.99. The highest BCUT2D eigenvalue weighted by Crippen LogP contribution is 2.41. The molecule has 0 spiro atoms. The first-order valence-corrected chi connectivity index (χ1v) is 7.94. The largest absolute Gasteiger partial charge is 0.507 e. The summed E-state index contributed by atoms with van der Waals surface area (Å²) in [4.78, 5) is 0. The molecular weight excluding hydrogens is 338 g/mol. The van der Waals surface area contributed by atoms with E-state index in [0.717, 1.165) is 12.1 Å². The Morgan fingerprint density at radius 1 is 0.846 bits per heavy atom. The van der Waals surface area contributed by atoms with Gasteiger partial charge in [-0.3, -0.25) is 5.43 Å². The van der Waals surface area contributed by atoms with Gasteiger partial charge in [-0.15, -0.1) is 5.10 Å². The summed E-state index contributed by atoms with van der Waals surface area (Å²) in [6.07, 6.45) is 0. The summed E-state index contributed by atoms with van der Waals surface area (Å²) in [6.45, 7) is 0. The summed E-state index contributed by atoms with van der Waals surface area (Å²) in [5.41, 5.74) is 1.28. The Labute approximate surface area is 148 Å². The summed E-state index contributed by atoms with van der Waals surface area (Å²) >= 11 is 0. The van der Waals surface area contributed by atoms with Gasteiger partial charge in [-0.2, -0.15) is 0 Å². The molecule has 0 bridgehead atoms. The molecule has 3 aromatic carbocycles. The van der Waals surface area contributed by atoms with Crippen molar-refractivity contribution < 1.29 is 18.6 Å². The van der Waals surface area contributed by atoms with E-state index in [9.17, 15) is 13.9 Å². The molecule has 130 valence electrons. The van der Waals surface area contributed by atoms with Gasteiger partial charge in [0.2, 0.25) is 5.90 Å². The molecule has 0 aromatic heterocycles. The van der Waals surface area contributed by atoms with E-state index in [1.165, 1.54) is 18.2 Å². The lowest BCUT2D eigenvalue weighted by molar-refractivity contribution is 0.0797. The summed E-state index contributed by atoms with van der Waals surface area (Å²) < 4.78 is 35.2. The molecular formula is C20H14F2N2O2. The predicted molar refractivity (Wildman–Crippen MR) is 92.4 cm³/mol. The summed E-state index contributed by atoms with van der Waals surface area (Å²) in [5, 5.41) is 14.5. The van der Waals surface area contributed by atoms with Crippen molar-refractivity contribution in [3.63, 3.8) is 0 Å². The number of rotatable bonds is 3. The lowest BCUT2D eigenvalue weighted by Gasteiger charge is -2.30. The number of hydrogen-bond acceptors (Lipinski definition) is 4. The number of aromatic hydroxyl groups is 1. The van der Waals surface area contributed by atoms with Crippen LogP contribution < -0.4 is 5.43 Å². The van der Waals surface area contributed by atoms with Crippen LogP contribution in [0.5, 0.6) is 5.75 Å². The monoisotopic (exact) mass is 352 g/mol. The summed E-state index contributed by atoms with van der Waals surface area (Å²) in [7, 11) is 0. The Morgan fingerprint density at radius 2 is 1.50 bits per heavy atom. The number of nitrogens with one attached hydrogen (secondary N) is 1. The van der Waals surface area contributed by atoms with Crippen LogP contribution in [-0.2, 0) is 10.5 Å². The van der Waals surface area contributed by atoms with E-state index in [2.05, 4.69) is 10.5 Å². The zero-order chi connectivity index (χ0) is 18.1. The maximum absolute atomic E-state index is 14.6. The molecule has 0 fully saturated rings. The van der Waals surface area contributed by atoms with Crippen molar-refractivity contribution in [3.05, 3.63) is 101 Å². The predicted octanol–water partition coefficient (Wildman–Crippen LogP) is 3.85. The van der Waals surface area contributed by atoms with Crippen LogP contribution in [0.4, 0.5) is 8.78 Å². The van der Waals surface area contributed by atoms with E-state index < -0.39 is 17.4 Å². The second kappa shape index (κ2) is 6.15. The number of para-hydroxylation sites is 1. The number of hydrogen-bond donors (Lipinski definition) is 2. The Hall–Kier alpha value is -3.41. The molecule has 1 atom stereocenters. The Kier molecular flexibility index (Phi) is 3.80. The van der Waals surface area contributed by atoms with Gasteiger partial charge in [-0.25, -0.2) is 8.78 Å². The van der Waals surface area contributed by atoms with Crippen molar-refractivity contribution in [2.45, 2.75) is 5.72 Å². The van der Waals surface area contributed by atoms with Crippen molar-refractivity contribution in [2.24, 2.45) is 5.10 Å². The van der Waals surface area contributed by atoms with Gasteiger partial charge in [0.05, 0.1) is 11.1 Å². The number of phenolic OH excluding ortho intramolecular Hbond substituents is 1. The zero-order valence-corrected chi connectivity index (χ0v) is 13.5. The molecule has 4 nitrogen and oxygen atoms in total. The van der Waals surface area contributed by atoms with Crippen LogP contribution in [0.25, 0.3) is 0 Å². The lowest BCUT2D eigenvalue weighted by Crippen LogP contribution is -2.41. The van der Waals surface area contributed by atoms with E-state index >= 15 is 0 Å². The van der Waals surface area contributed by atoms with Crippen LogP contribution in [0.1, 0.15) is 16.7 Å². The van der Waals surface area contributed by atoms with Crippen LogP contribution in [-0.4, -0.2) is 11.0 Å². The highest BCUT2D eigenvalue weighted by Gasteiger charge is 2.47. The third kappa shape index (κ3) is 2.47. The number of benzene rings is 3. The normalized spacial score (nSPS) is 18.8. The van der Waals surface area contributed by atoms with E-state index in [0.29, 0.717) is 5.56 Å². The van der Waals surface area contributed by atoms with Gasteiger partial charge in [0.15, 0.2) is 0 Å². The first-order chi connectivity index (χ1) is 12.6. The average Bonchev–Trinajstić information content (AvgIpc) is 3.09. The van der Waals surface area contributed by atoms with Gasteiger partial charge < -0.3 is 9.84 Å². The third-order valence-corrected chi connectivity index (χ3v) is 4.18. The number of hydrazone groups is 1. The Bertz CT molecular complexity index is 972. The van der Waals surface area contributed by atoms with Gasteiger partial charge in [-0.1, -0.05) is 36.4 Å². The van der Waals surface area contributed by atoms with Crippen molar-refractivity contribution >= 4 is 5.90 Å². The maximum atomic E-state index is 14.6. The smallest absolute Gasteiger partial charge is 0.259 e. The van der Waals surface area contributed by atoms with Crippen LogP contribution in [0, 0.1) is 11.6 Å². The van der Waals surface area contributed by atoms with E-state index in [1.807, 2.05) is 6.07 Å². The summed E-state index contributed by atoms with van der Waals surface area (Å²) in [5.74, 6) is -1.64. The minimum atomic E-state index is -1.83. The molecule has 0 radical (unpaired) electrons. The lowest BCUT2D eigenvalue weighted by atomic mass is 9.93. The molecule has 0 saturated carbocycles. The first-order valence-electron chi connectivity index (χ1n) is 7.94. The highest BCUT2D eigenvalue weighted by atomic mass is 19.1. The molecule has 0 aliphatic carbocycles. The molecule has 1 aliphatic heterocycles. The van der Waals surface area contributed by atoms with E-state index in [4.69, 9.17) is 4.74 Å². The van der Waals surface area contributed by atoms with E-state index in [-0.39, 0.29) is 22.8 Å². The fraction of sp³-hybridized carbons (Fsp3) is 0.0500. The molecule has 1 aliphatic rings. The van der Waals surface area contributed by atoms with Gasteiger partial charge >= 0.3 is 0 Å². The molecule has 2 N–H and O–H groups in total. The van der Waals surface area contributed by atoms with Gasteiger partial charge in [0.25, 0.3) is 5.72 Å². The number of nitrogens with zero attached hydrogens (tertiary/aromatic N) is 1. The zero-order valence-electron chi connectivity index (χ0n) is 13.5. The molecule has 6 heteroatoms. The second-order valence-electron chi connectivity index (χ2n) is 5.79. The second-order valence-corrected chi connectivity index (χ2v) is 5.79. The Balaban J connectivity index is 1.90.